The van der Waals surface area contributed by atoms with E-state index in [4.69, 9.17) is 4.74 Å². The van der Waals surface area contributed by atoms with Crippen molar-refractivity contribution in [3.63, 3.8) is 0 Å². The van der Waals surface area contributed by atoms with Gasteiger partial charge >= 0.3 is 0 Å². The van der Waals surface area contributed by atoms with Crippen LogP contribution in [0.5, 0.6) is 0 Å². The van der Waals surface area contributed by atoms with Gasteiger partial charge in [0.2, 0.25) is 0 Å². The van der Waals surface area contributed by atoms with Crippen LogP contribution in [0.4, 0.5) is 0 Å². The van der Waals surface area contributed by atoms with Gasteiger partial charge in [0.15, 0.2) is 6.29 Å². The number of ether oxygens (including phenoxy) is 1. The Kier molecular flexibility index (Phi) is 1.66. The van der Waals surface area contributed by atoms with E-state index in [1.807, 2.05) is 0 Å². The molecule has 1 saturated heterocycles. The lowest BCUT2D eigenvalue weighted by Gasteiger charge is -2.24. The molecule has 1 aliphatic heterocycles. The zero-order chi connectivity index (χ0) is 6.97. The zero-order valence-corrected chi connectivity index (χ0v) is 6.12. The Morgan fingerprint density at radius 1 is 1.20 bits per heavy atom. The largest absolute Gasteiger partial charge is 0.368 e. The molecule has 2 nitrogen and oxygen atoms in total. The van der Waals surface area contributed by atoms with Crippen LogP contribution in [-0.4, -0.2) is 18.0 Å². The van der Waals surface area contributed by atoms with Crippen LogP contribution >= 0.6 is 0 Å². The molecule has 1 saturated carbocycles. The van der Waals surface area contributed by atoms with E-state index in [0.717, 1.165) is 6.61 Å². The average Bonchev–Trinajstić information content (AvgIpc) is 2.34. The second kappa shape index (κ2) is 2.51. The molecule has 0 radical (unpaired) electrons. The van der Waals surface area contributed by atoms with Gasteiger partial charge in [0.1, 0.15) is 0 Å². The monoisotopic (exact) mass is 142 g/mol. The average molecular weight is 142 g/mol. The maximum Gasteiger partial charge on any atom is 0.157 e. The summed E-state index contributed by atoms with van der Waals surface area (Å²) in [6, 6.07) is 0. The fraction of sp³-hybridized carbons (Fsp3) is 1.00. The van der Waals surface area contributed by atoms with Gasteiger partial charge in [-0.1, -0.05) is 12.8 Å². The molecule has 10 heavy (non-hydrogen) atoms. The van der Waals surface area contributed by atoms with E-state index < -0.39 is 6.29 Å². The summed E-state index contributed by atoms with van der Waals surface area (Å²) >= 11 is 0. The molecule has 0 amide bonds. The lowest BCUT2D eigenvalue weighted by atomic mass is 9.81. The van der Waals surface area contributed by atoms with E-state index in [0.29, 0.717) is 11.8 Å². The third kappa shape index (κ3) is 0.956. The maximum absolute atomic E-state index is 9.30. The fourth-order valence-corrected chi connectivity index (χ4v) is 2.16. The predicted octanol–water partition coefficient (Wildman–Crippen LogP) is 1.14. The summed E-state index contributed by atoms with van der Waals surface area (Å²) in [5, 5.41) is 9.30. The minimum Gasteiger partial charge on any atom is -0.368 e. The zero-order valence-electron chi connectivity index (χ0n) is 6.12. The number of hydrogen-bond donors (Lipinski definition) is 1. The Hall–Kier alpha value is -0.0800. The molecular formula is C8H14O2. The van der Waals surface area contributed by atoms with Crippen LogP contribution in [0.2, 0.25) is 0 Å². The summed E-state index contributed by atoms with van der Waals surface area (Å²) in [6.45, 7) is 0.797. The molecule has 58 valence electrons. The van der Waals surface area contributed by atoms with Crippen LogP contribution in [0, 0.1) is 11.8 Å². The Bertz CT molecular complexity index is 122. The van der Waals surface area contributed by atoms with E-state index in [1.165, 1.54) is 25.7 Å². The Labute approximate surface area is 61.2 Å². The van der Waals surface area contributed by atoms with Gasteiger partial charge in [-0.3, -0.25) is 0 Å². The summed E-state index contributed by atoms with van der Waals surface area (Å²) in [4.78, 5) is 0. The van der Waals surface area contributed by atoms with Crippen molar-refractivity contribution in [3.8, 4) is 0 Å². The number of rotatable bonds is 0. The second-order valence-corrected chi connectivity index (χ2v) is 3.43. The standard InChI is InChI=1S/C8H14O2/c9-8-7-4-2-1-3-6(7)5-10-8/h6-9H,1-5H2. The van der Waals surface area contributed by atoms with Gasteiger partial charge in [0.25, 0.3) is 0 Å². The molecule has 1 heterocycles. The van der Waals surface area contributed by atoms with Crippen LogP contribution in [0.25, 0.3) is 0 Å². The van der Waals surface area contributed by atoms with Crippen molar-refractivity contribution in [2.45, 2.75) is 32.0 Å². The highest BCUT2D eigenvalue weighted by Crippen LogP contribution is 2.37. The smallest absolute Gasteiger partial charge is 0.157 e. The molecule has 1 N–H and O–H groups in total. The van der Waals surface area contributed by atoms with Crippen LogP contribution in [0.15, 0.2) is 0 Å². The van der Waals surface area contributed by atoms with Crippen molar-refractivity contribution >= 4 is 0 Å². The number of fused-ring (bicyclic) bond motifs is 1. The molecule has 2 aliphatic rings. The molecule has 0 aromatic heterocycles. The highest BCUT2D eigenvalue weighted by molar-refractivity contribution is 4.81. The minimum absolute atomic E-state index is 0.440. The van der Waals surface area contributed by atoms with Gasteiger partial charge in [-0.2, -0.15) is 0 Å². The lowest BCUT2D eigenvalue weighted by Crippen LogP contribution is -2.22. The molecule has 3 atom stereocenters. The van der Waals surface area contributed by atoms with Crippen molar-refractivity contribution in [3.05, 3.63) is 0 Å². The first-order valence-corrected chi connectivity index (χ1v) is 4.17. The molecule has 0 bridgehead atoms. The normalized spacial score (nSPS) is 47.1. The van der Waals surface area contributed by atoms with Gasteiger partial charge in [-0.15, -0.1) is 0 Å². The predicted molar refractivity (Wildman–Crippen MR) is 37.4 cm³/mol. The van der Waals surface area contributed by atoms with Crippen molar-refractivity contribution in [1.82, 2.24) is 0 Å². The number of aliphatic hydroxyl groups is 1. The molecule has 0 aromatic rings. The molecule has 2 rings (SSSR count). The molecule has 0 aromatic carbocycles. The number of aliphatic hydroxyl groups excluding tert-OH is 1. The first-order chi connectivity index (χ1) is 4.88. The molecule has 2 fully saturated rings. The third-order valence-electron chi connectivity index (χ3n) is 2.82. The highest BCUT2D eigenvalue weighted by atomic mass is 16.6. The topological polar surface area (TPSA) is 29.5 Å². The van der Waals surface area contributed by atoms with Gasteiger partial charge in [0.05, 0.1) is 6.61 Å². The first kappa shape index (κ1) is 6.62. The highest BCUT2D eigenvalue weighted by Gasteiger charge is 2.37. The van der Waals surface area contributed by atoms with E-state index in [9.17, 15) is 5.11 Å². The summed E-state index contributed by atoms with van der Waals surface area (Å²) in [7, 11) is 0. The van der Waals surface area contributed by atoms with Crippen LogP contribution in [-0.2, 0) is 4.74 Å². The molecule has 0 spiro atoms. The summed E-state index contributed by atoms with van der Waals surface area (Å²) in [6.07, 6.45) is 4.61. The molecule has 3 unspecified atom stereocenters. The van der Waals surface area contributed by atoms with Gasteiger partial charge < -0.3 is 9.84 Å². The second-order valence-electron chi connectivity index (χ2n) is 3.43. The molecule has 2 heteroatoms. The van der Waals surface area contributed by atoms with Crippen molar-refractivity contribution < 1.29 is 9.84 Å². The summed E-state index contributed by atoms with van der Waals surface area (Å²) in [5.74, 6) is 1.14. The van der Waals surface area contributed by atoms with Crippen molar-refractivity contribution in [2.75, 3.05) is 6.61 Å². The van der Waals surface area contributed by atoms with E-state index >= 15 is 0 Å². The van der Waals surface area contributed by atoms with Crippen LogP contribution in [0.1, 0.15) is 25.7 Å². The Morgan fingerprint density at radius 2 is 2.00 bits per heavy atom. The van der Waals surface area contributed by atoms with Crippen molar-refractivity contribution in [1.29, 1.82) is 0 Å². The van der Waals surface area contributed by atoms with E-state index in [-0.39, 0.29) is 0 Å². The molecule has 1 aliphatic carbocycles. The van der Waals surface area contributed by atoms with Crippen LogP contribution in [0.3, 0.4) is 0 Å². The summed E-state index contributed by atoms with van der Waals surface area (Å²) in [5.41, 5.74) is 0. The Morgan fingerprint density at radius 3 is 2.80 bits per heavy atom. The maximum atomic E-state index is 9.30. The van der Waals surface area contributed by atoms with E-state index in [2.05, 4.69) is 0 Å². The van der Waals surface area contributed by atoms with E-state index in [1.54, 1.807) is 0 Å². The SMILES string of the molecule is OC1OCC2CCCCC21. The van der Waals surface area contributed by atoms with Gasteiger partial charge in [0, 0.05) is 5.92 Å². The van der Waals surface area contributed by atoms with Crippen molar-refractivity contribution in [2.24, 2.45) is 11.8 Å². The first-order valence-electron chi connectivity index (χ1n) is 4.17. The summed E-state index contributed by atoms with van der Waals surface area (Å²) < 4.78 is 5.16. The molecular weight excluding hydrogens is 128 g/mol. The van der Waals surface area contributed by atoms with Gasteiger partial charge in [-0.25, -0.2) is 0 Å². The Balaban J connectivity index is 2.01. The van der Waals surface area contributed by atoms with Crippen LogP contribution < -0.4 is 0 Å². The fourth-order valence-electron chi connectivity index (χ4n) is 2.16. The lowest BCUT2D eigenvalue weighted by molar-refractivity contribution is -0.0844. The van der Waals surface area contributed by atoms with Gasteiger partial charge in [-0.05, 0) is 18.8 Å². The third-order valence-corrected chi connectivity index (χ3v) is 2.82. The quantitative estimate of drug-likeness (QED) is 0.549. The number of hydrogen-bond acceptors (Lipinski definition) is 2. The minimum atomic E-state index is -0.440.